The van der Waals surface area contributed by atoms with Gasteiger partial charge in [0, 0.05) is 5.39 Å². The molecule has 3 rings (SSSR count). The van der Waals surface area contributed by atoms with E-state index in [-0.39, 0.29) is 5.75 Å². The molecule has 0 radical (unpaired) electrons. The van der Waals surface area contributed by atoms with E-state index in [9.17, 15) is 5.11 Å². The number of aromatic hydroxyl groups is 1. The summed E-state index contributed by atoms with van der Waals surface area (Å²) in [5.74, 6) is 5.65. The van der Waals surface area contributed by atoms with Crippen molar-refractivity contribution in [3.8, 4) is 5.75 Å². The van der Waals surface area contributed by atoms with Crippen LogP contribution in [0.25, 0.3) is 10.9 Å². The Morgan fingerprint density at radius 2 is 1.77 bits per heavy atom. The SMILES string of the molecule is NN=C(C=Nc1ccc(O)cc1)c1ccc2ccccc2n1. The lowest BCUT2D eigenvalue weighted by molar-refractivity contribution is 0.475. The van der Waals surface area contributed by atoms with Crippen LogP contribution in [0.1, 0.15) is 5.69 Å². The summed E-state index contributed by atoms with van der Waals surface area (Å²) < 4.78 is 0. The first-order valence-electron chi connectivity index (χ1n) is 6.73. The fourth-order valence-corrected chi connectivity index (χ4v) is 2.05. The zero-order valence-corrected chi connectivity index (χ0v) is 11.7. The third-order valence-electron chi connectivity index (χ3n) is 3.19. The van der Waals surface area contributed by atoms with E-state index in [2.05, 4.69) is 15.1 Å². The molecule has 1 heterocycles. The Labute approximate surface area is 127 Å². The van der Waals surface area contributed by atoms with Gasteiger partial charge in [-0.05, 0) is 36.4 Å². The number of fused-ring (bicyclic) bond motifs is 1. The van der Waals surface area contributed by atoms with E-state index < -0.39 is 0 Å². The average molecular weight is 290 g/mol. The van der Waals surface area contributed by atoms with Crippen molar-refractivity contribution in [2.24, 2.45) is 15.9 Å². The van der Waals surface area contributed by atoms with Gasteiger partial charge in [0.1, 0.15) is 11.5 Å². The quantitative estimate of drug-likeness (QED) is 0.442. The predicted molar refractivity (Wildman–Crippen MR) is 88.7 cm³/mol. The third kappa shape index (κ3) is 2.93. The number of phenols is 1. The highest BCUT2D eigenvalue weighted by Crippen LogP contribution is 2.16. The number of phenolic OH excluding ortho intramolecular Hbond substituents is 1. The molecule has 0 saturated heterocycles. The minimum Gasteiger partial charge on any atom is -0.508 e. The molecule has 22 heavy (non-hydrogen) atoms. The standard InChI is InChI=1S/C17H14N4O/c18-21-17(11-19-13-6-8-14(22)9-7-13)16-10-5-12-3-1-2-4-15(12)20-16/h1-11,22H,18H2. The van der Waals surface area contributed by atoms with Crippen molar-refractivity contribution < 1.29 is 5.11 Å². The highest BCUT2D eigenvalue weighted by molar-refractivity contribution is 6.38. The molecule has 0 aliphatic carbocycles. The summed E-state index contributed by atoms with van der Waals surface area (Å²) in [5.41, 5.74) is 2.71. The van der Waals surface area contributed by atoms with Crippen LogP contribution >= 0.6 is 0 Å². The first-order valence-corrected chi connectivity index (χ1v) is 6.73. The van der Waals surface area contributed by atoms with Crippen LogP contribution in [0.3, 0.4) is 0 Å². The van der Waals surface area contributed by atoms with Gasteiger partial charge in [-0.1, -0.05) is 24.3 Å². The molecule has 5 heteroatoms. The maximum Gasteiger partial charge on any atom is 0.127 e. The normalized spacial score (nSPS) is 12.1. The van der Waals surface area contributed by atoms with E-state index in [0.29, 0.717) is 17.1 Å². The largest absolute Gasteiger partial charge is 0.508 e. The van der Waals surface area contributed by atoms with Crippen LogP contribution in [0.15, 0.2) is 70.8 Å². The molecule has 0 unspecified atom stereocenters. The van der Waals surface area contributed by atoms with Crippen LogP contribution in [0.5, 0.6) is 5.75 Å². The summed E-state index contributed by atoms with van der Waals surface area (Å²) in [6, 6.07) is 18.2. The number of rotatable bonds is 3. The molecule has 2 aromatic carbocycles. The molecule has 0 atom stereocenters. The van der Waals surface area contributed by atoms with Crippen LogP contribution in [0.2, 0.25) is 0 Å². The first kappa shape index (κ1) is 13.8. The zero-order chi connectivity index (χ0) is 15.4. The zero-order valence-electron chi connectivity index (χ0n) is 11.7. The molecular weight excluding hydrogens is 276 g/mol. The third-order valence-corrected chi connectivity index (χ3v) is 3.19. The van der Waals surface area contributed by atoms with Crippen molar-refractivity contribution >= 4 is 28.5 Å². The van der Waals surface area contributed by atoms with Crippen LogP contribution < -0.4 is 5.84 Å². The maximum atomic E-state index is 9.25. The Bertz CT molecular complexity index is 854. The van der Waals surface area contributed by atoms with Gasteiger partial charge in [0.05, 0.1) is 23.1 Å². The van der Waals surface area contributed by atoms with E-state index in [1.54, 1.807) is 30.5 Å². The van der Waals surface area contributed by atoms with Crippen molar-refractivity contribution in [1.82, 2.24) is 4.98 Å². The maximum absolute atomic E-state index is 9.25. The van der Waals surface area contributed by atoms with E-state index in [1.807, 2.05) is 36.4 Å². The van der Waals surface area contributed by atoms with Crippen LogP contribution in [-0.2, 0) is 0 Å². The number of hydrogen-bond acceptors (Lipinski definition) is 5. The Morgan fingerprint density at radius 1 is 1.00 bits per heavy atom. The molecular formula is C17H14N4O. The number of pyridine rings is 1. The number of hydrogen-bond donors (Lipinski definition) is 2. The van der Waals surface area contributed by atoms with E-state index in [4.69, 9.17) is 5.84 Å². The van der Waals surface area contributed by atoms with Gasteiger partial charge in [-0.25, -0.2) is 4.98 Å². The highest BCUT2D eigenvalue weighted by atomic mass is 16.3. The van der Waals surface area contributed by atoms with Crippen molar-refractivity contribution in [1.29, 1.82) is 0 Å². The van der Waals surface area contributed by atoms with Gasteiger partial charge in [0.15, 0.2) is 0 Å². The van der Waals surface area contributed by atoms with Crippen molar-refractivity contribution in [2.75, 3.05) is 0 Å². The second kappa shape index (κ2) is 6.05. The number of aromatic nitrogens is 1. The first-order chi connectivity index (χ1) is 10.8. The van der Waals surface area contributed by atoms with E-state index >= 15 is 0 Å². The molecule has 108 valence electrons. The number of nitrogens with two attached hydrogens (primary N) is 1. The van der Waals surface area contributed by atoms with Gasteiger partial charge in [-0.2, -0.15) is 5.10 Å². The summed E-state index contributed by atoms with van der Waals surface area (Å²) in [5, 5.41) is 14.1. The molecule has 0 spiro atoms. The fourth-order valence-electron chi connectivity index (χ4n) is 2.05. The van der Waals surface area contributed by atoms with Gasteiger partial charge in [-0.15, -0.1) is 0 Å². The molecule has 0 saturated carbocycles. The number of para-hydroxylation sites is 1. The monoisotopic (exact) mass is 290 g/mol. The molecule has 0 fully saturated rings. The molecule has 3 N–H and O–H groups in total. The molecule has 0 aliphatic rings. The van der Waals surface area contributed by atoms with Crippen LogP contribution in [0.4, 0.5) is 5.69 Å². The Hall–Kier alpha value is -3.21. The molecule has 1 aromatic heterocycles. The summed E-state index contributed by atoms with van der Waals surface area (Å²) >= 11 is 0. The van der Waals surface area contributed by atoms with Gasteiger partial charge in [0.25, 0.3) is 0 Å². The van der Waals surface area contributed by atoms with Crippen LogP contribution in [-0.4, -0.2) is 22.0 Å². The van der Waals surface area contributed by atoms with Gasteiger partial charge in [-0.3, -0.25) is 4.99 Å². The number of aliphatic imine (C=N–C) groups is 1. The smallest absolute Gasteiger partial charge is 0.127 e. The number of hydrazone groups is 1. The lowest BCUT2D eigenvalue weighted by Crippen LogP contribution is -2.08. The average Bonchev–Trinajstić information content (AvgIpc) is 2.57. The number of nitrogens with zero attached hydrogens (tertiary/aromatic N) is 3. The van der Waals surface area contributed by atoms with E-state index in [1.165, 1.54) is 0 Å². The molecule has 0 aliphatic heterocycles. The summed E-state index contributed by atoms with van der Waals surface area (Å²) in [6.07, 6.45) is 1.56. The van der Waals surface area contributed by atoms with Crippen molar-refractivity contribution in [3.63, 3.8) is 0 Å². The van der Waals surface area contributed by atoms with Crippen molar-refractivity contribution in [3.05, 3.63) is 66.4 Å². The molecule has 0 bridgehead atoms. The Morgan fingerprint density at radius 3 is 2.55 bits per heavy atom. The Balaban J connectivity index is 1.91. The lowest BCUT2D eigenvalue weighted by atomic mass is 10.1. The second-order valence-electron chi connectivity index (χ2n) is 4.68. The summed E-state index contributed by atoms with van der Waals surface area (Å²) in [7, 11) is 0. The predicted octanol–water partition coefficient (Wildman–Crippen LogP) is 3.01. The topological polar surface area (TPSA) is 83.9 Å². The number of benzene rings is 2. The lowest BCUT2D eigenvalue weighted by Gasteiger charge is -2.02. The molecule has 3 aromatic rings. The Kier molecular flexibility index (Phi) is 3.78. The second-order valence-corrected chi connectivity index (χ2v) is 4.68. The fraction of sp³-hybridized carbons (Fsp3) is 0. The van der Waals surface area contributed by atoms with Crippen LogP contribution in [0, 0.1) is 0 Å². The van der Waals surface area contributed by atoms with Gasteiger partial charge in [0.2, 0.25) is 0 Å². The minimum absolute atomic E-state index is 0.197. The molecule has 0 amide bonds. The van der Waals surface area contributed by atoms with Crippen molar-refractivity contribution in [2.45, 2.75) is 0 Å². The molecule has 5 nitrogen and oxygen atoms in total. The van der Waals surface area contributed by atoms with Gasteiger partial charge < -0.3 is 10.9 Å². The van der Waals surface area contributed by atoms with E-state index in [0.717, 1.165) is 10.9 Å². The van der Waals surface area contributed by atoms with Gasteiger partial charge >= 0.3 is 0 Å². The minimum atomic E-state index is 0.197. The summed E-state index contributed by atoms with van der Waals surface area (Å²) in [4.78, 5) is 8.82. The highest BCUT2D eigenvalue weighted by Gasteiger charge is 2.04. The summed E-state index contributed by atoms with van der Waals surface area (Å²) in [6.45, 7) is 0.